The highest BCUT2D eigenvalue weighted by Gasteiger charge is 2.26. The fourth-order valence-corrected chi connectivity index (χ4v) is 2.56. The van der Waals surface area contributed by atoms with E-state index in [1.54, 1.807) is 22.0 Å². The van der Waals surface area contributed by atoms with Crippen molar-refractivity contribution in [1.29, 1.82) is 0 Å². The van der Waals surface area contributed by atoms with Crippen LogP contribution < -0.4 is 0 Å². The van der Waals surface area contributed by atoms with Crippen LogP contribution in [-0.4, -0.2) is 37.3 Å². The number of rotatable bonds is 6. The number of hydrogen-bond donors (Lipinski definition) is 0. The van der Waals surface area contributed by atoms with Gasteiger partial charge in [0.1, 0.15) is 0 Å². The fourth-order valence-electron chi connectivity index (χ4n) is 2.56. The van der Waals surface area contributed by atoms with Gasteiger partial charge in [0.15, 0.2) is 5.82 Å². The molecule has 0 unspecified atom stereocenters. The molecule has 23 heavy (non-hydrogen) atoms. The zero-order valence-corrected chi connectivity index (χ0v) is 13.9. The Bertz CT molecular complexity index is 672. The Labute approximate surface area is 135 Å². The van der Waals surface area contributed by atoms with Crippen LogP contribution in [0.5, 0.6) is 0 Å². The van der Waals surface area contributed by atoms with E-state index >= 15 is 0 Å². The summed E-state index contributed by atoms with van der Waals surface area (Å²) in [4.78, 5) is 18.8. The van der Waals surface area contributed by atoms with Crippen LogP contribution in [0.15, 0.2) is 16.9 Å². The van der Waals surface area contributed by atoms with Crippen molar-refractivity contribution < 1.29 is 9.32 Å². The molecule has 0 saturated heterocycles. The van der Waals surface area contributed by atoms with Gasteiger partial charge in [-0.1, -0.05) is 11.6 Å². The number of hydrogen-bond acceptors (Lipinski definition) is 5. The molecule has 1 aliphatic carbocycles. The Hall–Kier alpha value is -2.18. The summed E-state index contributed by atoms with van der Waals surface area (Å²) >= 11 is 0. The Morgan fingerprint density at radius 1 is 1.48 bits per heavy atom. The monoisotopic (exact) mass is 317 g/mol. The molecule has 7 nitrogen and oxygen atoms in total. The van der Waals surface area contributed by atoms with Crippen LogP contribution in [-0.2, 0) is 6.54 Å². The lowest BCUT2D eigenvalue weighted by Gasteiger charge is -2.20. The lowest BCUT2D eigenvalue weighted by atomic mass is 9.85. The SMILES string of the molecule is CCN(Cc1noc(C2CCC2)n1)C(=O)c1cnn(C(C)C)c1. The van der Waals surface area contributed by atoms with Gasteiger partial charge in [0.05, 0.1) is 18.3 Å². The third kappa shape index (κ3) is 3.28. The molecule has 0 N–H and O–H groups in total. The van der Waals surface area contributed by atoms with E-state index in [0.29, 0.717) is 36.3 Å². The van der Waals surface area contributed by atoms with E-state index in [1.807, 2.05) is 20.8 Å². The topological polar surface area (TPSA) is 77.1 Å². The third-order valence-corrected chi connectivity index (χ3v) is 4.32. The van der Waals surface area contributed by atoms with Crippen molar-refractivity contribution in [2.45, 2.75) is 58.5 Å². The second kappa shape index (κ2) is 6.52. The fraction of sp³-hybridized carbons (Fsp3) is 0.625. The second-order valence-electron chi connectivity index (χ2n) is 6.30. The highest BCUT2D eigenvalue weighted by atomic mass is 16.5. The lowest BCUT2D eigenvalue weighted by molar-refractivity contribution is 0.0747. The van der Waals surface area contributed by atoms with Crippen LogP contribution in [0.4, 0.5) is 0 Å². The van der Waals surface area contributed by atoms with Crippen LogP contribution in [0.25, 0.3) is 0 Å². The molecule has 0 atom stereocenters. The van der Waals surface area contributed by atoms with Crippen molar-refractivity contribution in [3.05, 3.63) is 29.7 Å². The predicted molar refractivity (Wildman–Crippen MR) is 83.9 cm³/mol. The third-order valence-electron chi connectivity index (χ3n) is 4.32. The second-order valence-corrected chi connectivity index (χ2v) is 6.30. The lowest BCUT2D eigenvalue weighted by Crippen LogP contribution is -2.30. The number of amides is 1. The summed E-state index contributed by atoms with van der Waals surface area (Å²) < 4.78 is 7.10. The van der Waals surface area contributed by atoms with E-state index in [9.17, 15) is 4.79 Å². The molecule has 0 aromatic carbocycles. The highest BCUT2D eigenvalue weighted by molar-refractivity contribution is 5.93. The number of aromatic nitrogens is 4. The van der Waals surface area contributed by atoms with Crippen molar-refractivity contribution in [2.75, 3.05) is 6.54 Å². The molecular weight excluding hydrogens is 294 g/mol. The van der Waals surface area contributed by atoms with Crippen LogP contribution >= 0.6 is 0 Å². The van der Waals surface area contributed by atoms with Gasteiger partial charge in [0.2, 0.25) is 5.89 Å². The number of nitrogens with zero attached hydrogens (tertiary/aromatic N) is 5. The molecule has 7 heteroatoms. The van der Waals surface area contributed by atoms with Gasteiger partial charge >= 0.3 is 0 Å². The van der Waals surface area contributed by atoms with Gasteiger partial charge in [-0.25, -0.2) is 0 Å². The van der Waals surface area contributed by atoms with E-state index in [0.717, 1.165) is 12.8 Å². The van der Waals surface area contributed by atoms with Gasteiger partial charge in [-0.15, -0.1) is 0 Å². The zero-order valence-electron chi connectivity index (χ0n) is 13.9. The molecule has 1 aliphatic rings. The molecule has 2 aromatic rings. The summed E-state index contributed by atoms with van der Waals surface area (Å²) in [6, 6.07) is 0.230. The van der Waals surface area contributed by atoms with Gasteiger partial charge in [-0.05, 0) is 33.6 Å². The maximum atomic E-state index is 12.6. The highest BCUT2D eigenvalue weighted by Crippen LogP contribution is 2.35. The first-order valence-electron chi connectivity index (χ1n) is 8.24. The van der Waals surface area contributed by atoms with E-state index < -0.39 is 0 Å². The van der Waals surface area contributed by atoms with Gasteiger partial charge in [-0.3, -0.25) is 9.48 Å². The molecule has 2 aromatic heterocycles. The minimum absolute atomic E-state index is 0.0607. The quantitative estimate of drug-likeness (QED) is 0.818. The van der Waals surface area contributed by atoms with Crippen molar-refractivity contribution in [3.63, 3.8) is 0 Å². The minimum atomic E-state index is -0.0607. The summed E-state index contributed by atoms with van der Waals surface area (Å²) in [5.74, 6) is 1.63. The average molecular weight is 317 g/mol. The first-order chi connectivity index (χ1) is 11.1. The maximum Gasteiger partial charge on any atom is 0.257 e. The molecule has 1 amide bonds. The summed E-state index contributed by atoms with van der Waals surface area (Å²) in [6.45, 7) is 6.94. The largest absolute Gasteiger partial charge is 0.339 e. The normalized spacial score (nSPS) is 15.0. The Morgan fingerprint density at radius 2 is 2.26 bits per heavy atom. The van der Waals surface area contributed by atoms with Gasteiger partial charge in [0, 0.05) is 24.7 Å². The molecule has 3 rings (SSSR count). The minimum Gasteiger partial charge on any atom is -0.339 e. The van der Waals surface area contributed by atoms with Crippen molar-refractivity contribution >= 4 is 5.91 Å². The number of carbonyl (C=O) groups excluding carboxylic acids is 1. The zero-order chi connectivity index (χ0) is 16.4. The van der Waals surface area contributed by atoms with Gasteiger partial charge in [0.25, 0.3) is 5.91 Å². The van der Waals surface area contributed by atoms with Gasteiger partial charge in [-0.2, -0.15) is 10.1 Å². The summed E-state index contributed by atoms with van der Waals surface area (Å²) in [7, 11) is 0. The van der Waals surface area contributed by atoms with E-state index in [4.69, 9.17) is 4.52 Å². The van der Waals surface area contributed by atoms with E-state index in [-0.39, 0.29) is 11.9 Å². The van der Waals surface area contributed by atoms with Crippen LogP contribution in [0.1, 0.15) is 74.1 Å². The van der Waals surface area contributed by atoms with Crippen LogP contribution in [0.2, 0.25) is 0 Å². The molecule has 0 radical (unpaired) electrons. The molecule has 1 fully saturated rings. The molecule has 0 spiro atoms. The summed E-state index contributed by atoms with van der Waals surface area (Å²) in [5, 5.41) is 8.24. The molecule has 2 heterocycles. The summed E-state index contributed by atoms with van der Waals surface area (Å²) in [5.41, 5.74) is 0.586. The Kier molecular flexibility index (Phi) is 4.45. The smallest absolute Gasteiger partial charge is 0.257 e. The van der Waals surface area contributed by atoms with Crippen molar-refractivity contribution in [2.24, 2.45) is 0 Å². The first kappa shape index (κ1) is 15.7. The first-order valence-corrected chi connectivity index (χ1v) is 8.24. The predicted octanol–water partition coefficient (Wildman–Crippen LogP) is 2.78. The number of carbonyl (C=O) groups is 1. The Morgan fingerprint density at radius 3 is 2.83 bits per heavy atom. The molecule has 0 bridgehead atoms. The summed E-state index contributed by atoms with van der Waals surface area (Å²) in [6.07, 6.45) is 6.85. The van der Waals surface area contributed by atoms with Crippen molar-refractivity contribution in [3.8, 4) is 0 Å². The molecular formula is C16H23N5O2. The molecule has 1 saturated carbocycles. The van der Waals surface area contributed by atoms with E-state index in [1.165, 1.54) is 6.42 Å². The van der Waals surface area contributed by atoms with Crippen molar-refractivity contribution in [1.82, 2.24) is 24.8 Å². The Balaban J connectivity index is 1.68. The van der Waals surface area contributed by atoms with Crippen LogP contribution in [0.3, 0.4) is 0 Å². The van der Waals surface area contributed by atoms with Gasteiger partial charge < -0.3 is 9.42 Å². The van der Waals surface area contributed by atoms with Crippen LogP contribution in [0, 0.1) is 0 Å². The maximum absolute atomic E-state index is 12.6. The molecule has 0 aliphatic heterocycles. The van der Waals surface area contributed by atoms with E-state index in [2.05, 4.69) is 15.2 Å². The average Bonchev–Trinajstić information content (AvgIpc) is 3.11. The standard InChI is InChI=1S/C16H23N5O2/c1-4-20(16(22)13-8-17-21(9-13)11(2)3)10-14-18-15(23-19-14)12-6-5-7-12/h8-9,11-12H,4-7,10H2,1-3H3. The molecule has 124 valence electrons.